The molecule has 2 heterocycles. The fourth-order valence-electron chi connectivity index (χ4n) is 2.72. The van der Waals surface area contributed by atoms with Gasteiger partial charge in [-0.15, -0.1) is 0 Å². The fourth-order valence-corrected chi connectivity index (χ4v) is 4.33. The summed E-state index contributed by atoms with van der Waals surface area (Å²) in [5.74, 6) is -1.17. The van der Waals surface area contributed by atoms with Crippen molar-refractivity contribution in [3.63, 3.8) is 0 Å². The molecule has 0 radical (unpaired) electrons. The van der Waals surface area contributed by atoms with Gasteiger partial charge >= 0.3 is 6.18 Å². The number of carbonyl (C=O) groups is 1. The number of halogens is 4. The molecule has 0 unspecified atom stereocenters. The van der Waals surface area contributed by atoms with Gasteiger partial charge in [-0.1, -0.05) is 29.8 Å². The van der Waals surface area contributed by atoms with Gasteiger partial charge in [-0.2, -0.15) is 13.2 Å². The van der Waals surface area contributed by atoms with Crippen LogP contribution in [0, 0.1) is 0 Å². The van der Waals surface area contributed by atoms with E-state index in [1.165, 1.54) is 24.5 Å². The molecule has 2 N–H and O–H groups in total. The normalized spacial score (nSPS) is 11.9. The number of hydrogen-bond donors (Lipinski definition) is 2. The van der Waals surface area contributed by atoms with E-state index in [0.717, 1.165) is 6.07 Å². The van der Waals surface area contributed by atoms with E-state index >= 15 is 0 Å². The number of nitrogens with one attached hydrogen (secondary N) is 2. The summed E-state index contributed by atoms with van der Waals surface area (Å²) in [6, 6.07) is 9.96. The maximum atomic E-state index is 12.6. The van der Waals surface area contributed by atoms with Crippen LogP contribution in [0.5, 0.6) is 0 Å². The van der Waals surface area contributed by atoms with Gasteiger partial charge in [0.25, 0.3) is 5.91 Å². The molecule has 3 aromatic rings. The van der Waals surface area contributed by atoms with Gasteiger partial charge in [0.15, 0.2) is 15.6 Å². The Kier molecular flexibility index (Phi) is 7.09. The van der Waals surface area contributed by atoms with Gasteiger partial charge in [0.1, 0.15) is 5.82 Å². The molecule has 1 aromatic carbocycles. The lowest BCUT2D eigenvalue weighted by molar-refractivity contribution is -0.137. The largest absolute Gasteiger partial charge is 0.459 e. The van der Waals surface area contributed by atoms with E-state index in [2.05, 4.69) is 15.6 Å². The quantitative estimate of drug-likeness (QED) is 0.463. The molecule has 0 aliphatic rings. The van der Waals surface area contributed by atoms with E-state index in [0.29, 0.717) is 6.20 Å². The van der Waals surface area contributed by atoms with Crippen LogP contribution in [0.25, 0.3) is 0 Å². The molecule has 7 nitrogen and oxygen atoms in total. The molecule has 0 aliphatic carbocycles. The first-order chi connectivity index (χ1) is 15.1. The summed E-state index contributed by atoms with van der Waals surface area (Å²) < 4.78 is 68.2. The summed E-state index contributed by atoms with van der Waals surface area (Å²) in [6.45, 7) is 0.144. The first kappa shape index (κ1) is 23.6. The van der Waals surface area contributed by atoms with E-state index in [1.807, 2.05) is 0 Å². The van der Waals surface area contributed by atoms with E-state index in [1.54, 1.807) is 18.2 Å². The van der Waals surface area contributed by atoms with Crippen LogP contribution in [0.2, 0.25) is 5.02 Å². The van der Waals surface area contributed by atoms with E-state index < -0.39 is 33.2 Å². The van der Waals surface area contributed by atoms with Gasteiger partial charge in [-0.25, -0.2) is 13.4 Å². The molecule has 0 saturated heterocycles. The number of benzene rings is 1. The molecule has 32 heavy (non-hydrogen) atoms. The molecule has 0 spiro atoms. The molecule has 170 valence electrons. The van der Waals surface area contributed by atoms with Gasteiger partial charge < -0.3 is 15.1 Å². The number of alkyl halides is 3. The second kappa shape index (κ2) is 9.61. The lowest BCUT2D eigenvalue weighted by Gasteiger charge is -2.11. The van der Waals surface area contributed by atoms with Crippen LogP contribution in [0.1, 0.15) is 21.7 Å². The van der Waals surface area contributed by atoms with Crippen LogP contribution in [-0.2, 0) is 21.8 Å². The lowest BCUT2D eigenvalue weighted by atomic mass is 10.2. The van der Waals surface area contributed by atoms with Crippen molar-refractivity contribution in [2.24, 2.45) is 0 Å². The van der Waals surface area contributed by atoms with Gasteiger partial charge in [-0.05, 0) is 24.3 Å². The minimum Gasteiger partial charge on any atom is -0.459 e. The smallest absolute Gasteiger partial charge is 0.417 e. The molecule has 2 aromatic heterocycles. The minimum atomic E-state index is -4.56. The Hall–Kier alpha value is -3.05. The molecule has 0 bridgehead atoms. The SMILES string of the molecule is O=C(NCCNc1ncc(C(F)(F)F)cc1Cl)c1occc1CS(=O)(=O)c1ccccc1. The molecule has 3 rings (SSSR count). The van der Waals surface area contributed by atoms with Gasteiger partial charge in [0, 0.05) is 24.8 Å². The molecule has 12 heteroatoms. The highest BCUT2D eigenvalue weighted by Gasteiger charge is 2.31. The zero-order valence-electron chi connectivity index (χ0n) is 16.3. The Balaban J connectivity index is 1.56. The van der Waals surface area contributed by atoms with Crippen LogP contribution >= 0.6 is 11.6 Å². The van der Waals surface area contributed by atoms with Crippen molar-refractivity contribution in [3.05, 3.63) is 76.8 Å². The van der Waals surface area contributed by atoms with Crippen molar-refractivity contribution < 1.29 is 30.8 Å². The third-order valence-electron chi connectivity index (χ3n) is 4.27. The van der Waals surface area contributed by atoms with Crippen LogP contribution in [0.4, 0.5) is 19.0 Å². The highest BCUT2D eigenvalue weighted by atomic mass is 35.5. The summed E-state index contributed by atoms with van der Waals surface area (Å²) in [5.41, 5.74) is -0.774. The first-order valence-corrected chi connectivity index (χ1v) is 11.2. The second-order valence-corrected chi connectivity index (χ2v) is 8.98. The van der Waals surface area contributed by atoms with Crippen LogP contribution in [-0.4, -0.2) is 32.4 Å². The first-order valence-electron chi connectivity index (χ1n) is 9.17. The fraction of sp³-hybridized carbons (Fsp3) is 0.200. The zero-order chi connectivity index (χ0) is 23.4. The molecule has 0 fully saturated rings. The predicted molar refractivity (Wildman–Crippen MR) is 111 cm³/mol. The Labute approximate surface area is 186 Å². The number of hydrogen-bond acceptors (Lipinski definition) is 6. The number of anilines is 1. The van der Waals surface area contributed by atoms with E-state index in [9.17, 15) is 26.4 Å². The van der Waals surface area contributed by atoms with E-state index in [4.69, 9.17) is 16.0 Å². The summed E-state index contributed by atoms with van der Waals surface area (Å²) >= 11 is 5.81. The van der Waals surface area contributed by atoms with Crippen LogP contribution < -0.4 is 10.6 Å². The third-order valence-corrected chi connectivity index (χ3v) is 6.24. The Morgan fingerprint density at radius 1 is 1.12 bits per heavy atom. The van der Waals surface area contributed by atoms with E-state index in [-0.39, 0.29) is 40.1 Å². The number of sulfone groups is 1. The van der Waals surface area contributed by atoms with Gasteiger partial charge in [0.05, 0.1) is 27.5 Å². The Morgan fingerprint density at radius 3 is 2.50 bits per heavy atom. The summed E-state index contributed by atoms with van der Waals surface area (Å²) in [6.07, 6.45) is -2.69. The average molecular weight is 488 g/mol. The van der Waals surface area contributed by atoms with Gasteiger partial charge in [-0.3, -0.25) is 4.79 Å². The van der Waals surface area contributed by atoms with Crippen LogP contribution in [0.15, 0.2) is 64.2 Å². The number of furan rings is 1. The van der Waals surface area contributed by atoms with Gasteiger partial charge in [0.2, 0.25) is 0 Å². The molecular formula is C20H17ClF3N3O4S. The summed E-state index contributed by atoms with van der Waals surface area (Å²) in [5, 5.41) is 5.03. The maximum absolute atomic E-state index is 12.6. The monoisotopic (exact) mass is 487 g/mol. The standard InChI is InChI=1S/C20H17ClF3N3O4S/c21-16-10-14(20(22,23)24)11-27-18(16)25-7-8-26-19(28)17-13(6-9-31-17)12-32(29,30)15-4-2-1-3-5-15/h1-6,9-11H,7-8,12H2,(H,25,27)(H,26,28). The van der Waals surface area contributed by atoms with Crippen molar-refractivity contribution in [1.29, 1.82) is 0 Å². The van der Waals surface area contributed by atoms with Crippen molar-refractivity contribution in [2.45, 2.75) is 16.8 Å². The molecular weight excluding hydrogens is 471 g/mol. The predicted octanol–water partition coefficient (Wildman–Crippen LogP) is 4.16. The number of aromatic nitrogens is 1. The third kappa shape index (κ3) is 5.80. The second-order valence-electron chi connectivity index (χ2n) is 6.58. The highest BCUT2D eigenvalue weighted by Crippen LogP contribution is 2.32. The zero-order valence-corrected chi connectivity index (χ0v) is 17.9. The van der Waals surface area contributed by atoms with Crippen molar-refractivity contribution in [1.82, 2.24) is 10.3 Å². The summed E-state index contributed by atoms with van der Waals surface area (Å²) in [4.78, 5) is 16.1. The highest BCUT2D eigenvalue weighted by molar-refractivity contribution is 7.90. The molecule has 0 aliphatic heterocycles. The lowest BCUT2D eigenvalue weighted by Crippen LogP contribution is -2.29. The molecule has 1 amide bonds. The Morgan fingerprint density at radius 2 is 1.84 bits per heavy atom. The topological polar surface area (TPSA) is 101 Å². The maximum Gasteiger partial charge on any atom is 0.417 e. The number of carbonyl (C=O) groups excluding carboxylic acids is 1. The number of rotatable bonds is 8. The average Bonchev–Trinajstić information content (AvgIpc) is 3.19. The van der Waals surface area contributed by atoms with Crippen molar-refractivity contribution >= 4 is 33.2 Å². The minimum absolute atomic E-state index is 0.0292. The van der Waals surface area contributed by atoms with Crippen LogP contribution in [0.3, 0.4) is 0 Å². The summed E-state index contributed by atoms with van der Waals surface area (Å²) in [7, 11) is -3.67. The Bertz CT molecular complexity index is 1200. The number of pyridine rings is 1. The number of amides is 1. The number of nitrogens with zero attached hydrogens (tertiary/aromatic N) is 1. The van der Waals surface area contributed by atoms with Crippen molar-refractivity contribution in [2.75, 3.05) is 18.4 Å². The molecule has 0 saturated carbocycles. The van der Waals surface area contributed by atoms with Crippen molar-refractivity contribution in [3.8, 4) is 0 Å². The molecule has 0 atom stereocenters.